The molecule has 4 heterocycles. The minimum absolute atomic E-state index is 0.118. The number of anilines is 2. The lowest BCUT2D eigenvalue weighted by atomic mass is 10.1. The molecule has 1 aliphatic rings. The van der Waals surface area contributed by atoms with Crippen molar-refractivity contribution >= 4 is 49.2 Å². The van der Waals surface area contributed by atoms with Gasteiger partial charge < -0.3 is 15.4 Å². The number of nitrogens with zero attached hydrogens (tertiary/aromatic N) is 4. The van der Waals surface area contributed by atoms with Crippen LogP contribution < -0.4 is 10.6 Å². The number of alkyl halides is 3. The van der Waals surface area contributed by atoms with E-state index < -0.39 is 11.7 Å². The molecule has 11 heteroatoms. The molecule has 3 aromatic rings. The van der Waals surface area contributed by atoms with Gasteiger partial charge in [0.15, 0.2) is 0 Å². The van der Waals surface area contributed by atoms with Gasteiger partial charge in [-0.25, -0.2) is 15.0 Å². The topological polar surface area (TPSA) is 77.2 Å². The summed E-state index contributed by atoms with van der Waals surface area (Å²) in [5, 5.41) is 1.78. The Hall–Kier alpha value is -1.98. The molecule has 1 aliphatic heterocycles. The van der Waals surface area contributed by atoms with Crippen molar-refractivity contribution in [3.63, 3.8) is 0 Å². The zero-order chi connectivity index (χ0) is 19.2. The molecule has 0 spiro atoms. The normalized spacial score (nSPS) is 15.5. The van der Waals surface area contributed by atoms with Crippen LogP contribution in [0.15, 0.2) is 22.1 Å². The number of nitrogens with two attached hydrogens (primary N) is 1. The van der Waals surface area contributed by atoms with Crippen LogP contribution in [0.5, 0.6) is 0 Å². The molecule has 0 aliphatic carbocycles. The quantitative estimate of drug-likeness (QED) is 0.624. The highest BCUT2D eigenvalue weighted by molar-refractivity contribution is 9.10. The number of hydrogen-bond acceptors (Lipinski definition) is 7. The summed E-state index contributed by atoms with van der Waals surface area (Å²) in [6.45, 7) is 2.16. The Balaban J connectivity index is 1.96. The number of fused-ring (bicyclic) bond motifs is 1. The molecule has 0 aromatic carbocycles. The van der Waals surface area contributed by atoms with Gasteiger partial charge in [-0.15, -0.1) is 11.3 Å². The van der Waals surface area contributed by atoms with Crippen molar-refractivity contribution in [1.82, 2.24) is 15.0 Å². The smallest absolute Gasteiger partial charge is 0.384 e. The van der Waals surface area contributed by atoms with Crippen molar-refractivity contribution in [3.8, 4) is 11.3 Å². The molecule has 1 fully saturated rings. The average Bonchev–Trinajstić information content (AvgIpc) is 3.02. The maximum Gasteiger partial charge on any atom is 0.417 e. The number of rotatable bonds is 2. The van der Waals surface area contributed by atoms with E-state index in [-0.39, 0.29) is 17.1 Å². The van der Waals surface area contributed by atoms with Crippen LogP contribution in [0, 0.1) is 0 Å². The number of nitrogen functional groups attached to an aromatic ring is 1. The molecule has 3 aromatic heterocycles. The third-order valence-corrected chi connectivity index (χ3v) is 6.02. The van der Waals surface area contributed by atoms with Crippen LogP contribution in [-0.4, -0.2) is 41.3 Å². The summed E-state index contributed by atoms with van der Waals surface area (Å²) in [5.74, 6) is 0.169. The second-order valence-electron chi connectivity index (χ2n) is 5.89. The van der Waals surface area contributed by atoms with Gasteiger partial charge >= 0.3 is 6.18 Å². The first kappa shape index (κ1) is 18.4. The van der Waals surface area contributed by atoms with Crippen molar-refractivity contribution in [1.29, 1.82) is 0 Å². The summed E-state index contributed by atoms with van der Waals surface area (Å²) in [6.07, 6.45) is -3.46. The Morgan fingerprint density at radius 1 is 1.22 bits per heavy atom. The van der Waals surface area contributed by atoms with E-state index in [0.717, 1.165) is 12.3 Å². The molecular formula is C16H13BrF3N5OS. The maximum absolute atomic E-state index is 13.6. The highest BCUT2D eigenvalue weighted by Crippen LogP contribution is 2.42. The summed E-state index contributed by atoms with van der Waals surface area (Å²) >= 11 is 4.69. The molecule has 0 amide bonds. The molecule has 0 atom stereocenters. The second-order valence-corrected chi connectivity index (χ2v) is 7.62. The van der Waals surface area contributed by atoms with Gasteiger partial charge in [0, 0.05) is 30.2 Å². The lowest BCUT2D eigenvalue weighted by molar-refractivity contribution is -0.137. The Kier molecular flexibility index (Phi) is 4.68. The molecular weight excluding hydrogens is 447 g/mol. The van der Waals surface area contributed by atoms with Gasteiger partial charge in [0.05, 0.1) is 33.6 Å². The van der Waals surface area contributed by atoms with E-state index in [4.69, 9.17) is 10.5 Å². The summed E-state index contributed by atoms with van der Waals surface area (Å²) in [5.41, 5.74) is 5.27. The monoisotopic (exact) mass is 459 g/mol. The summed E-state index contributed by atoms with van der Waals surface area (Å²) in [7, 11) is 0. The van der Waals surface area contributed by atoms with Gasteiger partial charge in [0.2, 0.25) is 5.95 Å². The van der Waals surface area contributed by atoms with Crippen LogP contribution in [0.4, 0.5) is 24.9 Å². The summed E-state index contributed by atoms with van der Waals surface area (Å²) in [6, 6.07) is 0.834. The third kappa shape index (κ3) is 3.46. The van der Waals surface area contributed by atoms with Gasteiger partial charge in [-0.1, -0.05) is 0 Å². The lowest BCUT2D eigenvalue weighted by Crippen LogP contribution is -2.37. The summed E-state index contributed by atoms with van der Waals surface area (Å²) < 4.78 is 47.4. The first-order valence-electron chi connectivity index (χ1n) is 7.95. The molecule has 2 N–H and O–H groups in total. The highest BCUT2D eigenvalue weighted by atomic mass is 79.9. The van der Waals surface area contributed by atoms with Crippen molar-refractivity contribution in [2.45, 2.75) is 6.18 Å². The molecule has 0 radical (unpaired) electrons. The van der Waals surface area contributed by atoms with E-state index in [2.05, 4.69) is 30.9 Å². The van der Waals surface area contributed by atoms with Gasteiger partial charge in [0.25, 0.3) is 0 Å². The number of pyridine rings is 1. The van der Waals surface area contributed by atoms with Gasteiger partial charge in [0.1, 0.15) is 11.3 Å². The van der Waals surface area contributed by atoms with E-state index in [9.17, 15) is 13.2 Å². The number of aromatic nitrogens is 3. The van der Waals surface area contributed by atoms with Crippen molar-refractivity contribution in [2.75, 3.05) is 36.9 Å². The second kappa shape index (κ2) is 6.88. The minimum atomic E-state index is -4.59. The van der Waals surface area contributed by atoms with Crippen LogP contribution in [0.1, 0.15) is 5.56 Å². The zero-order valence-corrected chi connectivity index (χ0v) is 16.2. The first-order chi connectivity index (χ1) is 12.8. The molecule has 6 nitrogen and oxygen atoms in total. The first-order valence-corrected chi connectivity index (χ1v) is 9.62. The van der Waals surface area contributed by atoms with Crippen LogP contribution in [0.3, 0.4) is 0 Å². The SMILES string of the molecule is Nc1cc(C(F)(F)F)c(-c2nc(N3CCOCC3)nc3c(Br)csc23)cn1. The standard InChI is InChI=1S/C16H13BrF3N5OS/c17-10-7-27-14-12(8-6-22-11(21)5-9(8)16(18,19)20)23-15(24-13(10)14)25-1-3-26-4-2-25/h5-7H,1-4H2,(H2,21,22). The Bertz CT molecular complexity index is 1000. The van der Waals surface area contributed by atoms with E-state index >= 15 is 0 Å². The van der Waals surface area contributed by atoms with Crippen molar-refractivity contribution in [2.24, 2.45) is 0 Å². The Morgan fingerprint density at radius 2 is 1.96 bits per heavy atom. The largest absolute Gasteiger partial charge is 0.417 e. The number of hydrogen-bond donors (Lipinski definition) is 1. The maximum atomic E-state index is 13.6. The molecule has 0 unspecified atom stereocenters. The number of halogens is 4. The molecule has 0 bridgehead atoms. The predicted octanol–water partition coefficient (Wildman–Crippen LogP) is 3.95. The molecule has 1 saturated heterocycles. The summed E-state index contributed by atoms with van der Waals surface area (Å²) in [4.78, 5) is 14.8. The van der Waals surface area contributed by atoms with E-state index in [0.29, 0.717) is 46.9 Å². The zero-order valence-electron chi connectivity index (χ0n) is 13.8. The van der Waals surface area contributed by atoms with Crippen LogP contribution in [-0.2, 0) is 10.9 Å². The van der Waals surface area contributed by atoms with Gasteiger partial charge in [-0.05, 0) is 22.0 Å². The third-order valence-electron chi connectivity index (χ3n) is 4.14. The number of thiophene rings is 1. The van der Waals surface area contributed by atoms with Crippen molar-refractivity contribution < 1.29 is 17.9 Å². The lowest BCUT2D eigenvalue weighted by Gasteiger charge is -2.27. The molecule has 4 rings (SSSR count). The van der Waals surface area contributed by atoms with E-state index in [1.807, 2.05) is 4.90 Å². The van der Waals surface area contributed by atoms with Gasteiger partial charge in [-0.2, -0.15) is 13.2 Å². The van der Waals surface area contributed by atoms with Crippen LogP contribution in [0.2, 0.25) is 0 Å². The molecule has 142 valence electrons. The number of morpholine rings is 1. The average molecular weight is 460 g/mol. The Morgan fingerprint density at radius 3 is 2.67 bits per heavy atom. The van der Waals surface area contributed by atoms with Crippen molar-refractivity contribution in [3.05, 3.63) is 27.7 Å². The predicted molar refractivity (Wildman–Crippen MR) is 101 cm³/mol. The van der Waals surface area contributed by atoms with Crippen LogP contribution >= 0.6 is 27.3 Å². The Labute approximate surface area is 164 Å². The highest BCUT2D eigenvalue weighted by Gasteiger charge is 2.35. The minimum Gasteiger partial charge on any atom is -0.384 e. The molecule has 27 heavy (non-hydrogen) atoms. The van der Waals surface area contributed by atoms with Gasteiger partial charge in [-0.3, -0.25) is 0 Å². The van der Waals surface area contributed by atoms with E-state index in [1.54, 1.807) is 5.38 Å². The van der Waals surface area contributed by atoms with E-state index in [1.165, 1.54) is 11.3 Å². The number of ether oxygens (including phenoxy) is 1. The molecule has 0 saturated carbocycles. The van der Waals surface area contributed by atoms with Crippen LogP contribution in [0.25, 0.3) is 21.5 Å². The fraction of sp³-hybridized carbons (Fsp3) is 0.312. The fourth-order valence-electron chi connectivity index (χ4n) is 2.86. The fourth-order valence-corrected chi connectivity index (χ4v) is 4.43.